The zero-order valence-electron chi connectivity index (χ0n) is 24.2. The van der Waals surface area contributed by atoms with Crippen molar-refractivity contribution in [2.75, 3.05) is 18.9 Å². The molecule has 0 unspecified atom stereocenters. The average Bonchev–Trinajstić information content (AvgIpc) is 3.53. The van der Waals surface area contributed by atoms with Gasteiger partial charge in [-0.25, -0.2) is 19.2 Å². The molecular weight excluding hydrogens is 567 g/mol. The summed E-state index contributed by atoms with van der Waals surface area (Å²) in [6, 6.07) is 4.00. The van der Waals surface area contributed by atoms with Crippen molar-refractivity contribution in [2.24, 2.45) is 5.92 Å². The minimum atomic E-state index is -4.16. The van der Waals surface area contributed by atoms with Crippen molar-refractivity contribution in [1.29, 1.82) is 5.26 Å². The minimum Gasteiger partial charge on any atom is -0.464 e. The van der Waals surface area contributed by atoms with Gasteiger partial charge >= 0.3 is 13.7 Å². The lowest BCUT2D eigenvalue weighted by Gasteiger charge is -2.29. The second kappa shape index (κ2) is 13.8. The van der Waals surface area contributed by atoms with E-state index in [9.17, 15) is 24.8 Å². The third-order valence-corrected chi connectivity index (χ3v) is 9.82. The number of aliphatic hydroxyl groups excluding tert-OH is 2. The maximum Gasteiger partial charge on any atom is 0.406 e. The Kier molecular flexibility index (Phi) is 10.6. The minimum absolute atomic E-state index is 0.122. The van der Waals surface area contributed by atoms with Crippen molar-refractivity contribution >= 4 is 25.1 Å². The second-order valence-electron chi connectivity index (χ2n) is 10.9. The third kappa shape index (κ3) is 6.78. The number of nitrogens with one attached hydrogen (secondary N) is 1. The van der Waals surface area contributed by atoms with E-state index in [1.807, 2.05) is 19.9 Å². The molecule has 2 fully saturated rings. The molecule has 15 heteroatoms. The van der Waals surface area contributed by atoms with Gasteiger partial charge in [0.2, 0.25) is 5.60 Å². The Labute approximate surface area is 245 Å². The van der Waals surface area contributed by atoms with E-state index in [2.05, 4.69) is 15.2 Å². The molecule has 2 aromatic rings. The van der Waals surface area contributed by atoms with Crippen LogP contribution in [0.25, 0.3) is 5.52 Å². The molecule has 0 bridgehead atoms. The van der Waals surface area contributed by atoms with Crippen molar-refractivity contribution < 1.29 is 38.1 Å². The molecule has 0 amide bonds. The smallest absolute Gasteiger partial charge is 0.406 e. The van der Waals surface area contributed by atoms with Crippen molar-refractivity contribution in [3.05, 3.63) is 24.2 Å². The Morgan fingerprint density at radius 3 is 2.69 bits per heavy atom. The molecule has 6 atom stereocenters. The van der Waals surface area contributed by atoms with Gasteiger partial charge < -0.3 is 25.4 Å². The number of fused-ring (bicyclic) bond motifs is 1. The van der Waals surface area contributed by atoms with Gasteiger partial charge in [0.15, 0.2) is 5.82 Å². The predicted octanol–water partition coefficient (Wildman–Crippen LogP) is 2.58. The molecule has 2 aliphatic rings. The molecule has 1 saturated carbocycles. The number of ether oxygens (including phenoxy) is 2. The quantitative estimate of drug-likeness (QED) is 0.191. The Balaban J connectivity index is 1.51. The Bertz CT molecular complexity index is 1310. The molecule has 1 saturated heterocycles. The summed E-state index contributed by atoms with van der Waals surface area (Å²) in [5, 5.41) is 38.9. The van der Waals surface area contributed by atoms with Crippen LogP contribution in [0, 0.1) is 17.2 Å². The van der Waals surface area contributed by atoms with E-state index in [0.29, 0.717) is 18.4 Å². The topological polar surface area (TPSA) is 204 Å². The van der Waals surface area contributed by atoms with Gasteiger partial charge in [-0.3, -0.25) is 13.8 Å². The van der Waals surface area contributed by atoms with Gasteiger partial charge in [-0.05, 0) is 37.8 Å². The van der Waals surface area contributed by atoms with Crippen LogP contribution in [0.1, 0.15) is 71.4 Å². The molecule has 1 aliphatic carbocycles. The molecule has 5 N–H and O–H groups in total. The van der Waals surface area contributed by atoms with E-state index in [1.54, 1.807) is 6.07 Å². The summed E-state index contributed by atoms with van der Waals surface area (Å²) < 4.78 is 38.3. The molecule has 1 aliphatic heterocycles. The molecule has 0 aromatic carbocycles. The number of carbonyl (C=O) groups excluding carboxylic acids is 1. The highest BCUT2D eigenvalue weighted by Crippen LogP contribution is 2.49. The number of anilines is 1. The lowest BCUT2D eigenvalue weighted by Crippen LogP contribution is -2.41. The number of hydrogen-bond donors (Lipinski definition) is 4. The van der Waals surface area contributed by atoms with Gasteiger partial charge in [0.1, 0.15) is 42.3 Å². The SMILES string of the molecule is CCC(CC)COC(=O)[C@H](C)N[P@](=O)(OC[C@H]1O[C@@](C#N)(c2ccc3c(N)ncnn23)[C@H](O)[C@@H]1O)OC1CCCCC1. The number of nitrogens with two attached hydrogens (primary N) is 1. The Morgan fingerprint density at radius 2 is 2.02 bits per heavy atom. The lowest BCUT2D eigenvalue weighted by molar-refractivity contribution is -0.146. The highest BCUT2D eigenvalue weighted by molar-refractivity contribution is 7.51. The molecule has 232 valence electrons. The number of hydrogen-bond acceptors (Lipinski definition) is 12. The number of nitrogens with zero attached hydrogens (tertiary/aromatic N) is 4. The maximum atomic E-state index is 14.0. The molecule has 3 heterocycles. The number of nitriles is 1. The van der Waals surface area contributed by atoms with Crippen LogP contribution < -0.4 is 10.8 Å². The van der Waals surface area contributed by atoms with Gasteiger partial charge in [0.05, 0.1) is 25.0 Å². The summed E-state index contributed by atoms with van der Waals surface area (Å²) in [6.07, 6.45) is 2.14. The van der Waals surface area contributed by atoms with E-state index >= 15 is 0 Å². The number of nitrogen functional groups attached to an aromatic ring is 1. The summed E-state index contributed by atoms with van der Waals surface area (Å²) in [5.74, 6) is -0.233. The van der Waals surface area contributed by atoms with Crippen LogP contribution in [0.2, 0.25) is 0 Å². The average molecular weight is 609 g/mol. The highest BCUT2D eigenvalue weighted by Gasteiger charge is 2.58. The van der Waals surface area contributed by atoms with Crippen LogP contribution in [0.3, 0.4) is 0 Å². The lowest BCUT2D eigenvalue weighted by atomic mass is 9.92. The van der Waals surface area contributed by atoms with Crippen molar-refractivity contribution in [1.82, 2.24) is 19.7 Å². The van der Waals surface area contributed by atoms with E-state index < -0.39 is 50.3 Å². The number of esters is 1. The molecule has 2 aromatic heterocycles. The van der Waals surface area contributed by atoms with E-state index in [-0.39, 0.29) is 30.1 Å². The number of rotatable bonds is 13. The number of aromatic nitrogens is 3. The van der Waals surface area contributed by atoms with Gasteiger partial charge in [-0.1, -0.05) is 46.0 Å². The van der Waals surface area contributed by atoms with Gasteiger partial charge in [-0.15, -0.1) is 0 Å². The van der Waals surface area contributed by atoms with Gasteiger partial charge in [-0.2, -0.15) is 10.4 Å². The van der Waals surface area contributed by atoms with E-state index in [1.165, 1.54) is 23.8 Å². The zero-order valence-corrected chi connectivity index (χ0v) is 25.1. The van der Waals surface area contributed by atoms with E-state index in [4.69, 9.17) is 24.3 Å². The Morgan fingerprint density at radius 1 is 1.31 bits per heavy atom. The van der Waals surface area contributed by atoms with Crippen molar-refractivity contribution in [3.8, 4) is 6.07 Å². The summed E-state index contributed by atoms with van der Waals surface area (Å²) in [7, 11) is -4.16. The summed E-state index contributed by atoms with van der Waals surface area (Å²) in [6.45, 7) is 5.26. The first-order chi connectivity index (χ1) is 20.1. The van der Waals surface area contributed by atoms with Crippen LogP contribution in [0.15, 0.2) is 18.5 Å². The van der Waals surface area contributed by atoms with Crippen molar-refractivity contribution in [3.63, 3.8) is 0 Å². The summed E-state index contributed by atoms with van der Waals surface area (Å²) >= 11 is 0. The Hall–Kier alpha value is -2.63. The molecule has 0 spiro atoms. The molecule has 4 rings (SSSR count). The first kappa shape index (κ1) is 32.3. The van der Waals surface area contributed by atoms with Crippen LogP contribution in [-0.2, 0) is 33.5 Å². The largest absolute Gasteiger partial charge is 0.464 e. The maximum absolute atomic E-state index is 14.0. The fraction of sp³-hybridized carbons (Fsp3) is 0.704. The number of carbonyl (C=O) groups is 1. The van der Waals surface area contributed by atoms with Crippen LogP contribution in [-0.4, -0.2) is 74.5 Å². The van der Waals surface area contributed by atoms with Crippen LogP contribution >= 0.6 is 7.75 Å². The zero-order chi connectivity index (χ0) is 30.5. The molecule has 0 radical (unpaired) electrons. The van der Waals surface area contributed by atoms with Crippen molar-refractivity contribution in [2.45, 2.75) is 102 Å². The fourth-order valence-corrected chi connectivity index (χ4v) is 7.05. The molecule has 14 nitrogen and oxygen atoms in total. The normalized spacial score (nSPS) is 27.1. The second-order valence-corrected chi connectivity index (χ2v) is 12.6. The number of aliphatic hydroxyl groups is 2. The first-order valence-corrected chi connectivity index (χ1v) is 16.0. The van der Waals surface area contributed by atoms with Crippen LogP contribution in [0.4, 0.5) is 5.82 Å². The third-order valence-electron chi connectivity index (χ3n) is 8.06. The standard InChI is InChI=1S/C27H41N6O8P/c1-4-18(5-2)13-38-26(36)17(3)32-42(37,41-19-9-7-6-8-10-19)39-14-21-23(34)24(35)27(15-28,40-21)22-12-11-20-25(29)30-16-31-33(20)22/h11-12,16-19,21,23-24,34-35H,4-10,13-14H2,1-3H3,(H,32,37)(H2,29,30,31)/t17-,21+,23+,24+,27-,42-/m0/s1. The van der Waals surface area contributed by atoms with Gasteiger partial charge in [0.25, 0.3) is 0 Å². The predicted molar refractivity (Wildman–Crippen MR) is 151 cm³/mol. The first-order valence-electron chi connectivity index (χ1n) is 14.5. The van der Waals surface area contributed by atoms with Crippen LogP contribution in [0.5, 0.6) is 0 Å². The van der Waals surface area contributed by atoms with E-state index in [0.717, 1.165) is 32.1 Å². The van der Waals surface area contributed by atoms with Gasteiger partial charge in [0, 0.05) is 0 Å². The summed E-state index contributed by atoms with van der Waals surface area (Å²) in [5.41, 5.74) is 4.37. The fourth-order valence-electron chi connectivity index (χ4n) is 5.33. The highest BCUT2D eigenvalue weighted by atomic mass is 31.2. The monoisotopic (exact) mass is 608 g/mol. The molecule has 42 heavy (non-hydrogen) atoms. The molecular formula is C27H41N6O8P. The summed E-state index contributed by atoms with van der Waals surface area (Å²) in [4.78, 5) is 16.6.